The number of aliphatic hydroxyl groups excluding tert-OH is 4. The van der Waals surface area contributed by atoms with Crippen LogP contribution in [0.4, 0.5) is 4.39 Å². The van der Waals surface area contributed by atoms with E-state index in [2.05, 4.69) is 147 Å². The Kier molecular flexibility index (Phi) is 20.1. The highest BCUT2D eigenvalue weighted by molar-refractivity contribution is 5.94. The molecule has 46 heavy (non-hydrogen) atoms. The van der Waals surface area contributed by atoms with Gasteiger partial charge in [-0.2, -0.15) is 0 Å². The lowest BCUT2D eigenvalue weighted by molar-refractivity contribution is -0.302. The number of hydrogen-bond donors (Lipinski definition) is 5. The quantitative estimate of drug-likeness (QED) is 0.212. The van der Waals surface area contributed by atoms with Gasteiger partial charge in [0.15, 0.2) is 6.29 Å². The Morgan fingerprint density at radius 1 is 0.717 bits per heavy atom. The molecule has 1 amide bonds. The summed E-state index contributed by atoms with van der Waals surface area (Å²) in [4.78, 5) is 12.1. The van der Waals surface area contributed by atoms with Crippen molar-refractivity contribution in [2.24, 2.45) is 0 Å². The topological polar surface area (TPSA) is 128 Å². The van der Waals surface area contributed by atoms with Gasteiger partial charge in [0, 0.05) is 41.4 Å². The van der Waals surface area contributed by atoms with E-state index in [1.807, 2.05) is 0 Å². The van der Waals surface area contributed by atoms with Crippen molar-refractivity contribution >= 4 is 5.91 Å². The summed E-state index contributed by atoms with van der Waals surface area (Å²) in [5, 5.41) is 41.3. The van der Waals surface area contributed by atoms with Crippen molar-refractivity contribution in [2.75, 3.05) is 13.2 Å². The van der Waals surface area contributed by atoms with Gasteiger partial charge in [0.25, 0.3) is 5.91 Å². The fourth-order valence-electron chi connectivity index (χ4n) is 2.90. The third-order valence-corrected chi connectivity index (χ3v) is 5.05. The summed E-state index contributed by atoms with van der Waals surface area (Å²) in [6.45, 7) is 2.10. The van der Waals surface area contributed by atoms with Gasteiger partial charge in [-0.3, -0.25) is 4.79 Å². The van der Waals surface area contributed by atoms with Crippen LogP contribution >= 0.6 is 0 Å². The molecule has 1 aliphatic rings. The van der Waals surface area contributed by atoms with Crippen LogP contribution in [0.5, 0.6) is 0 Å². The highest BCUT2D eigenvalue weighted by Gasteiger charge is 2.44. The molecule has 7 atom stereocenters. The standard InChI is InChI=1S/C37H24FNO7/c1-3-5-6-7-8-9-10-11-12-13-14-15-16-17-18-19-20-21-22-23-24-25-26-27-33(41)39-31(30(38)4-2)29-45-37-36(44)35(43)34(42)32(28-40)46-37/h30-32,34-37,40,42-44H,4,28-29H2,1-2H3,(H,39,41)/t30-,31+,32?,34+,35+,36?,37-/m1/s1. The molecular formula is C37H24FNO7. The molecule has 0 aromatic carbocycles. The first-order valence-corrected chi connectivity index (χ1v) is 13.1. The van der Waals surface area contributed by atoms with E-state index in [1.54, 1.807) is 13.8 Å². The van der Waals surface area contributed by atoms with Gasteiger partial charge in [0.1, 0.15) is 30.6 Å². The Morgan fingerprint density at radius 2 is 1.13 bits per heavy atom. The monoisotopic (exact) mass is 613 g/mol. The van der Waals surface area contributed by atoms with Crippen LogP contribution in [0, 0.1) is 142 Å². The normalized spacial score (nSPS) is 18.8. The molecule has 1 heterocycles. The highest BCUT2D eigenvalue weighted by Crippen LogP contribution is 2.22. The van der Waals surface area contributed by atoms with Gasteiger partial charge in [0.2, 0.25) is 0 Å². The summed E-state index contributed by atoms with van der Waals surface area (Å²) in [5.74, 6) is 57.8. The van der Waals surface area contributed by atoms with E-state index in [0.29, 0.717) is 0 Å². The van der Waals surface area contributed by atoms with E-state index in [-0.39, 0.29) is 6.42 Å². The van der Waals surface area contributed by atoms with Gasteiger partial charge in [0.05, 0.1) is 19.3 Å². The zero-order chi connectivity index (χ0) is 33.8. The third kappa shape index (κ3) is 16.5. The Morgan fingerprint density at radius 3 is 1.52 bits per heavy atom. The lowest BCUT2D eigenvalue weighted by Gasteiger charge is -2.40. The second-order valence-corrected chi connectivity index (χ2v) is 8.16. The van der Waals surface area contributed by atoms with Crippen LogP contribution in [0.25, 0.3) is 0 Å². The van der Waals surface area contributed by atoms with Crippen LogP contribution in [-0.4, -0.2) is 82.5 Å². The van der Waals surface area contributed by atoms with Crippen LogP contribution in [-0.2, 0) is 14.3 Å². The van der Waals surface area contributed by atoms with Gasteiger partial charge in [-0.15, -0.1) is 0 Å². The van der Waals surface area contributed by atoms with Crippen molar-refractivity contribution in [2.45, 2.75) is 63.2 Å². The number of halogens is 1. The van der Waals surface area contributed by atoms with Crippen molar-refractivity contribution in [1.29, 1.82) is 0 Å². The molecular weight excluding hydrogens is 589 g/mol. The number of hydrogen-bond acceptors (Lipinski definition) is 7. The minimum absolute atomic E-state index is 0.0216. The summed E-state index contributed by atoms with van der Waals surface area (Å²) in [7, 11) is 0. The maximum absolute atomic E-state index is 14.4. The molecule has 1 rings (SSSR count). The van der Waals surface area contributed by atoms with Crippen molar-refractivity contribution in [1.82, 2.24) is 5.32 Å². The zero-order valence-electron chi connectivity index (χ0n) is 24.6. The van der Waals surface area contributed by atoms with Crippen molar-refractivity contribution < 1.29 is 39.1 Å². The van der Waals surface area contributed by atoms with E-state index in [0.717, 1.165) is 0 Å². The fourth-order valence-corrected chi connectivity index (χ4v) is 2.90. The summed E-state index contributed by atoms with van der Waals surface area (Å²) in [5.41, 5.74) is 0. The molecule has 0 aliphatic carbocycles. The van der Waals surface area contributed by atoms with E-state index in [1.165, 1.54) is 0 Å². The molecule has 8 nitrogen and oxygen atoms in total. The minimum Gasteiger partial charge on any atom is -0.394 e. The first-order chi connectivity index (χ1) is 22.3. The second-order valence-electron chi connectivity index (χ2n) is 8.16. The van der Waals surface area contributed by atoms with Gasteiger partial charge >= 0.3 is 0 Å². The van der Waals surface area contributed by atoms with Gasteiger partial charge in [-0.1, -0.05) is 12.8 Å². The van der Waals surface area contributed by atoms with Gasteiger partial charge in [-0.25, -0.2) is 4.39 Å². The number of rotatable bonds is 7. The molecule has 1 saturated heterocycles. The second kappa shape index (κ2) is 24.3. The van der Waals surface area contributed by atoms with Crippen molar-refractivity contribution in [3.8, 4) is 142 Å². The summed E-state index contributed by atoms with van der Waals surface area (Å²) in [6, 6.07) is -1.18. The highest BCUT2D eigenvalue weighted by atomic mass is 19.1. The fraction of sp³-hybridized carbons (Fsp3) is 0.324. The molecule has 0 saturated carbocycles. The third-order valence-electron chi connectivity index (χ3n) is 5.05. The number of carbonyl (C=O) groups is 1. The molecule has 0 aromatic heterocycles. The van der Waals surface area contributed by atoms with Crippen LogP contribution in [0.2, 0.25) is 0 Å². The molecule has 1 fully saturated rings. The molecule has 2 unspecified atom stereocenters. The summed E-state index contributed by atoms with van der Waals surface area (Å²) in [6.07, 6.45) is -9.10. The lowest BCUT2D eigenvalue weighted by atomic mass is 9.99. The van der Waals surface area contributed by atoms with E-state index in [4.69, 9.17) is 9.47 Å². The zero-order valence-corrected chi connectivity index (χ0v) is 24.6. The smallest absolute Gasteiger partial charge is 0.297 e. The molecule has 9 heteroatoms. The molecule has 226 valence electrons. The Balaban J connectivity index is 2.57. The Labute approximate surface area is 268 Å². The predicted octanol–water partition coefficient (Wildman–Crippen LogP) is -1.90. The lowest BCUT2D eigenvalue weighted by Crippen LogP contribution is -2.59. The maximum atomic E-state index is 14.4. The molecule has 0 radical (unpaired) electrons. The van der Waals surface area contributed by atoms with Crippen molar-refractivity contribution in [3.63, 3.8) is 0 Å². The van der Waals surface area contributed by atoms with Crippen molar-refractivity contribution in [3.05, 3.63) is 0 Å². The van der Waals surface area contributed by atoms with Crippen LogP contribution in [0.1, 0.15) is 20.3 Å². The van der Waals surface area contributed by atoms with Crippen LogP contribution in [0.15, 0.2) is 0 Å². The molecule has 0 bridgehead atoms. The number of nitrogens with one attached hydrogen (secondary N) is 1. The predicted molar refractivity (Wildman–Crippen MR) is 166 cm³/mol. The first-order valence-electron chi connectivity index (χ1n) is 13.1. The molecule has 1 aliphatic heterocycles. The van der Waals surface area contributed by atoms with Gasteiger partial charge in [-0.05, 0) is 108 Å². The van der Waals surface area contributed by atoms with Gasteiger partial charge < -0.3 is 35.2 Å². The number of carbonyl (C=O) groups excluding carboxylic acids is 1. The average molecular weight is 614 g/mol. The first kappa shape index (κ1) is 37.9. The SMILES string of the molecule is CC#CC#CC#CC#CC#CC#CC#CC#CC#CC#CC#CC#CC(=O)N[C@@H](CO[C@@H]1OC(CO)[C@H](O)[C@H](O)C1O)[C@H](F)CC. The van der Waals surface area contributed by atoms with E-state index >= 15 is 0 Å². The summed E-state index contributed by atoms with van der Waals surface area (Å²) >= 11 is 0. The molecule has 5 N–H and O–H groups in total. The van der Waals surface area contributed by atoms with E-state index < -0.39 is 62.0 Å². The van der Waals surface area contributed by atoms with E-state index in [9.17, 15) is 29.6 Å². The Bertz CT molecular complexity index is 1880. The average Bonchev–Trinajstić information content (AvgIpc) is 3.06. The minimum atomic E-state index is -1.67. The number of aliphatic hydroxyl groups is 4. The Hall–Kier alpha value is -6.12. The van der Waals surface area contributed by atoms with Crippen LogP contribution < -0.4 is 5.32 Å². The number of amides is 1. The van der Waals surface area contributed by atoms with Crippen LogP contribution in [0.3, 0.4) is 0 Å². The number of ether oxygens (including phenoxy) is 2. The maximum Gasteiger partial charge on any atom is 0.297 e. The number of alkyl halides is 1. The molecule has 0 aromatic rings. The largest absolute Gasteiger partial charge is 0.394 e. The molecule has 0 spiro atoms. The summed E-state index contributed by atoms with van der Waals surface area (Å²) < 4.78 is 25.0.